The highest BCUT2D eigenvalue weighted by molar-refractivity contribution is 7.13. The number of imidazole rings is 1. The number of ether oxygens (including phenoxy) is 2. The van der Waals surface area contributed by atoms with Gasteiger partial charge in [0.05, 0.1) is 14.2 Å². The van der Waals surface area contributed by atoms with E-state index in [9.17, 15) is 4.79 Å². The molecule has 0 saturated carbocycles. The summed E-state index contributed by atoms with van der Waals surface area (Å²) in [5, 5.41) is 6.11. The molecule has 2 aromatic carbocycles. The van der Waals surface area contributed by atoms with Gasteiger partial charge in [-0.3, -0.25) is 4.79 Å². The predicted molar refractivity (Wildman–Crippen MR) is 125 cm³/mol. The molecule has 32 heavy (non-hydrogen) atoms. The number of aromatic nitrogens is 3. The van der Waals surface area contributed by atoms with Gasteiger partial charge in [0.25, 0.3) is 5.91 Å². The minimum absolute atomic E-state index is 0.295. The number of hydrogen-bond acceptors (Lipinski definition) is 6. The average molecular weight is 469 g/mol. The fourth-order valence-corrected chi connectivity index (χ4v) is 4.22. The number of benzene rings is 2. The average Bonchev–Trinajstić information content (AvgIpc) is 3.47. The van der Waals surface area contributed by atoms with Gasteiger partial charge in [-0.15, -0.1) is 11.3 Å². The van der Waals surface area contributed by atoms with Crippen LogP contribution in [0, 0.1) is 0 Å². The number of halogens is 1. The van der Waals surface area contributed by atoms with Crippen molar-refractivity contribution >= 4 is 28.8 Å². The summed E-state index contributed by atoms with van der Waals surface area (Å²) in [7, 11) is 5.05. The Bertz CT molecular complexity index is 1240. The van der Waals surface area contributed by atoms with Crippen LogP contribution in [0.25, 0.3) is 10.6 Å². The van der Waals surface area contributed by atoms with E-state index in [4.69, 9.17) is 21.1 Å². The lowest BCUT2D eigenvalue weighted by molar-refractivity contribution is 0.0937. The summed E-state index contributed by atoms with van der Waals surface area (Å²) in [5.41, 5.74) is 2.03. The van der Waals surface area contributed by atoms with E-state index in [-0.39, 0.29) is 5.91 Å². The van der Waals surface area contributed by atoms with Crippen LogP contribution in [0.2, 0.25) is 5.02 Å². The first-order valence-electron chi connectivity index (χ1n) is 9.71. The van der Waals surface area contributed by atoms with E-state index in [0.717, 1.165) is 11.1 Å². The number of rotatable bonds is 7. The molecule has 0 radical (unpaired) electrons. The number of hydrogen-bond donors (Lipinski definition) is 1. The third-order valence-electron chi connectivity index (χ3n) is 4.96. The lowest BCUT2D eigenvalue weighted by Crippen LogP contribution is -2.31. The molecule has 0 aliphatic carbocycles. The van der Waals surface area contributed by atoms with Crippen LogP contribution in [0.4, 0.5) is 0 Å². The van der Waals surface area contributed by atoms with Gasteiger partial charge in [-0.25, -0.2) is 9.97 Å². The van der Waals surface area contributed by atoms with Crippen molar-refractivity contribution in [3.63, 3.8) is 0 Å². The Balaban J connectivity index is 1.60. The molecular weight excluding hydrogens is 448 g/mol. The Morgan fingerprint density at radius 2 is 1.88 bits per heavy atom. The van der Waals surface area contributed by atoms with Gasteiger partial charge in [0.15, 0.2) is 11.5 Å². The topological polar surface area (TPSA) is 78.3 Å². The van der Waals surface area contributed by atoms with Gasteiger partial charge >= 0.3 is 0 Å². The van der Waals surface area contributed by atoms with Crippen molar-refractivity contribution in [2.24, 2.45) is 7.05 Å². The molecular formula is C23H21ClN4O3S. The third kappa shape index (κ3) is 4.46. The highest BCUT2D eigenvalue weighted by Gasteiger charge is 2.23. The van der Waals surface area contributed by atoms with E-state index in [1.165, 1.54) is 11.3 Å². The third-order valence-corrected chi connectivity index (χ3v) is 6.11. The Labute approximate surface area is 194 Å². The summed E-state index contributed by atoms with van der Waals surface area (Å²) in [6, 6.07) is 12.4. The normalized spacial score (nSPS) is 11.8. The lowest BCUT2D eigenvalue weighted by Gasteiger charge is -2.18. The molecule has 0 aliphatic heterocycles. The van der Waals surface area contributed by atoms with E-state index >= 15 is 0 Å². The van der Waals surface area contributed by atoms with E-state index in [2.05, 4.69) is 15.3 Å². The van der Waals surface area contributed by atoms with Gasteiger partial charge in [0, 0.05) is 35.4 Å². The largest absolute Gasteiger partial charge is 0.493 e. The molecule has 9 heteroatoms. The predicted octanol–water partition coefficient (Wildman–Crippen LogP) is 4.73. The van der Waals surface area contributed by atoms with Crippen LogP contribution >= 0.6 is 22.9 Å². The molecule has 4 aromatic rings. The van der Waals surface area contributed by atoms with Crippen molar-refractivity contribution in [3.8, 4) is 22.1 Å². The molecule has 4 rings (SSSR count). The van der Waals surface area contributed by atoms with E-state index < -0.39 is 6.04 Å². The minimum Gasteiger partial charge on any atom is -0.493 e. The van der Waals surface area contributed by atoms with E-state index in [1.54, 1.807) is 37.9 Å². The fraction of sp³-hybridized carbons (Fsp3) is 0.174. The quantitative estimate of drug-likeness (QED) is 0.424. The van der Waals surface area contributed by atoms with E-state index in [1.807, 2.05) is 48.1 Å². The lowest BCUT2D eigenvalue weighted by atomic mass is 10.1. The maximum atomic E-state index is 13.1. The molecule has 0 bridgehead atoms. The molecule has 2 heterocycles. The number of methoxy groups -OCH3 is 2. The van der Waals surface area contributed by atoms with Gasteiger partial charge < -0.3 is 19.4 Å². The first kappa shape index (κ1) is 21.9. The van der Waals surface area contributed by atoms with E-state index in [0.29, 0.717) is 33.0 Å². The van der Waals surface area contributed by atoms with Crippen molar-refractivity contribution in [1.82, 2.24) is 19.9 Å². The Hall–Kier alpha value is -3.36. The molecule has 0 spiro atoms. The minimum atomic E-state index is -0.453. The van der Waals surface area contributed by atoms with Crippen molar-refractivity contribution in [3.05, 3.63) is 82.3 Å². The Kier molecular flexibility index (Phi) is 6.43. The van der Waals surface area contributed by atoms with Crippen LogP contribution in [0.15, 0.2) is 60.2 Å². The molecule has 7 nitrogen and oxygen atoms in total. The zero-order valence-electron chi connectivity index (χ0n) is 17.7. The number of carbonyl (C=O) groups excluding carboxylic acids is 1. The van der Waals surface area contributed by atoms with Crippen molar-refractivity contribution in [1.29, 1.82) is 0 Å². The van der Waals surface area contributed by atoms with Crippen molar-refractivity contribution in [2.45, 2.75) is 6.04 Å². The first-order chi connectivity index (χ1) is 15.5. The van der Waals surface area contributed by atoms with Crippen molar-refractivity contribution < 1.29 is 14.3 Å². The first-order valence-corrected chi connectivity index (χ1v) is 11.0. The van der Waals surface area contributed by atoms with Crippen LogP contribution in [0.3, 0.4) is 0 Å². The molecule has 1 amide bonds. The van der Waals surface area contributed by atoms with Gasteiger partial charge in [0.1, 0.15) is 22.6 Å². The number of aryl methyl sites for hydroxylation is 1. The highest BCUT2D eigenvalue weighted by atomic mass is 35.5. The summed E-state index contributed by atoms with van der Waals surface area (Å²) in [4.78, 5) is 22.1. The van der Waals surface area contributed by atoms with Gasteiger partial charge in [-0.1, -0.05) is 23.7 Å². The number of nitrogens with one attached hydrogen (secondary N) is 1. The standard InChI is InChI=1S/C23H21ClN4O3S/c1-28-11-10-25-21(28)20(14-4-7-16(24)8-5-14)27-22(29)17-13-32-23(26-17)15-6-9-18(30-2)19(12-15)31-3/h4-13,20H,1-3H3,(H,27,29)/t20-/m1/s1. The van der Waals surface area contributed by atoms with Gasteiger partial charge in [-0.2, -0.15) is 0 Å². The molecule has 1 N–H and O–H groups in total. The second-order valence-electron chi connectivity index (χ2n) is 6.96. The molecule has 164 valence electrons. The zero-order chi connectivity index (χ0) is 22.7. The summed E-state index contributed by atoms with van der Waals surface area (Å²) in [6.07, 6.45) is 3.53. The summed E-state index contributed by atoms with van der Waals surface area (Å²) >= 11 is 7.42. The van der Waals surface area contributed by atoms with Crippen LogP contribution in [0.1, 0.15) is 27.9 Å². The zero-order valence-corrected chi connectivity index (χ0v) is 19.3. The summed E-state index contributed by atoms with van der Waals surface area (Å²) < 4.78 is 12.5. The van der Waals surface area contributed by atoms with Crippen molar-refractivity contribution in [2.75, 3.05) is 14.2 Å². The number of carbonyl (C=O) groups is 1. The molecule has 2 aromatic heterocycles. The van der Waals surface area contributed by atoms with Crippen LogP contribution in [-0.2, 0) is 7.05 Å². The van der Waals surface area contributed by atoms with Crippen LogP contribution in [-0.4, -0.2) is 34.7 Å². The van der Waals surface area contributed by atoms with Gasteiger partial charge in [0.2, 0.25) is 0 Å². The van der Waals surface area contributed by atoms with Crippen LogP contribution < -0.4 is 14.8 Å². The fourth-order valence-electron chi connectivity index (χ4n) is 3.29. The second kappa shape index (κ2) is 9.42. The maximum absolute atomic E-state index is 13.1. The number of amides is 1. The molecule has 1 atom stereocenters. The monoisotopic (exact) mass is 468 g/mol. The maximum Gasteiger partial charge on any atom is 0.271 e. The molecule has 0 unspecified atom stereocenters. The summed E-state index contributed by atoms with van der Waals surface area (Å²) in [6.45, 7) is 0. The Morgan fingerprint density at radius 3 is 2.53 bits per heavy atom. The molecule has 0 aliphatic rings. The highest BCUT2D eigenvalue weighted by Crippen LogP contribution is 2.33. The number of thiazole rings is 1. The SMILES string of the molecule is COc1ccc(-c2nc(C(=O)N[C@H](c3ccc(Cl)cc3)c3nccn3C)cs2)cc1OC. The summed E-state index contributed by atoms with van der Waals surface area (Å²) in [5.74, 6) is 1.64. The number of nitrogens with zero attached hydrogens (tertiary/aromatic N) is 3. The Morgan fingerprint density at radius 1 is 1.12 bits per heavy atom. The molecule has 0 fully saturated rings. The molecule has 0 saturated heterocycles. The second-order valence-corrected chi connectivity index (χ2v) is 8.26. The smallest absolute Gasteiger partial charge is 0.271 e. The van der Waals surface area contributed by atoms with Gasteiger partial charge in [-0.05, 0) is 35.9 Å². The van der Waals surface area contributed by atoms with Crippen LogP contribution in [0.5, 0.6) is 11.5 Å².